The average Bonchev–Trinajstić information content (AvgIpc) is 2.54. The zero-order chi connectivity index (χ0) is 16.2. The summed E-state index contributed by atoms with van der Waals surface area (Å²) in [5, 5.41) is 3.17. The molecule has 7 heteroatoms. The molecule has 0 aromatic heterocycles. The van der Waals surface area contributed by atoms with Crippen molar-refractivity contribution in [3.8, 4) is 0 Å². The van der Waals surface area contributed by atoms with E-state index in [9.17, 15) is 13.2 Å². The normalized spacial score (nSPS) is 17.4. The highest BCUT2D eigenvalue weighted by Gasteiger charge is 2.28. The zero-order valence-corrected chi connectivity index (χ0v) is 13.7. The van der Waals surface area contributed by atoms with Crippen molar-refractivity contribution in [3.63, 3.8) is 0 Å². The molecule has 2 rings (SSSR count). The molecule has 1 N–H and O–H groups in total. The number of rotatable bonds is 5. The Morgan fingerprint density at radius 2 is 1.95 bits per heavy atom. The highest BCUT2D eigenvalue weighted by Crippen LogP contribution is 2.20. The number of nitrogens with zero attached hydrogens (tertiary/aromatic N) is 1. The van der Waals surface area contributed by atoms with Gasteiger partial charge in [0.15, 0.2) is 0 Å². The average molecular weight is 326 g/mol. The molecule has 6 nitrogen and oxygen atoms in total. The van der Waals surface area contributed by atoms with Gasteiger partial charge in [-0.3, -0.25) is 0 Å². The van der Waals surface area contributed by atoms with E-state index in [-0.39, 0.29) is 5.75 Å². The van der Waals surface area contributed by atoms with Gasteiger partial charge in [-0.15, -0.1) is 0 Å². The van der Waals surface area contributed by atoms with Crippen molar-refractivity contribution < 1.29 is 17.9 Å². The van der Waals surface area contributed by atoms with E-state index in [1.54, 1.807) is 24.3 Å². The van der Waals surface area contributed by atoms with Crippen LogP contribution in [-0.2, 0) is 20.5 Å². The van der Waals surface area contributed by atoms with Crippen LogP contribution in [0.1, 0.15) is 28.8 Å². The van der Waals surface area contributed by atoms with Crippen LogP contribution in [0.4, 0.5) is 0 Å². The van der Waals surface area contributed by atoms with Crippen LogP contribution in [-0.4, -0.2) is 52.0 Å². The maximum absolute atomic E-state index is 12.6. The predicted octanol–water partition coefficient (Wildman–Crippen LogP) is 0.987. The van der Waals surface area contributed by atoms with Crippen LogP contribution < -0.4 is 5.32 Å². The van der Waals surface area contributed by atoms with E-state index in [1.165, 1.54) is 11.4 Å². The van der Waals surface area contributed by atoms with Gasteiger partial charge in [0.2, 0.25) is 10.0 Å². The van der Waals surface area contributed by atoms with Gasteiger partial charge < -0.3 is 10.1 Å². The maximum Gasteiger partial charge on any atom is 0.338 e. The predicted molar refractivity (Wildman–Crippen MR) is 84.1 cm³/mol. The van der Waals surface area contributed by atoms with Crippen LogP contribution in [0.2, 0.25) is 0 Å². The van der Waals surface area contributed by atoms with E-state index in [0.717, 1.165) is 12.8 Å². The number of esters is 1. The number of hydrogen-bond acceptors (Lipinski definition) is 5. The standard InChI is InChI=1S/C15H22N2O4S/c1-16-13-7-9-17(10-8-13)22(19,20)11-12-5-3-4-6-14(12)15(18)21-2/h3-6,13,16H,7-11H2,1-2H3. The van der Waals surface area contributed by atoms with Gasteiger partial charge >= 0.3 is 5.97 Å². The van der Waals surface area contributed by atoms with Gasteiger partial charge in [-0.2, -0.15) is 0 Å². The molecular formula is C15H22N2O4S. The molecule has 1 fully saturated rings. The molecule has 0 saturated carbocycles. The third kappa shape index (κ3) is 3.85. The minimum atomic E-state index is -3.43. The minimum Gasteiger partial charge on any atom is -0.465 e. The Hall–Kier alpha value is -1.44. The Balaban J connectivity index is 2.14. The van der Waals surface area contributed by atoms with Gasteiger partial charge in [0.25, 0.3) is 0 Å². The van der Waals surface area contributed by atoms with Gasteiger partial charge in [-0.05, 0) is 31.5 Å². The second-order valence-electron chi connectivity index (χ2n) is 5.37. The van der Waals surface area contributed by atoms with E-state index in [2.05, 4.69) is 5.32 Å². The summed E-state index contributed by atoms with van der Waals surface area (Å²) in [6.45, 7) is 1.02. The van der Waals surface area contributed by atoms with E-state index in [1.807, 2.05) is 7.05 Å². The molecule has 0 spiro atoms. The first-order valence-corrected chi connectivity index (χ1v) is 8.90. The molecule has 1 heterocycles. The number of carbonyl (C=O) groups is 1. The Morgan fingerprint density at radius 1 is 1.32 bits per heavy atom. The summed E-state index contributed by atoms with van der Waals surface area (Å²) in [5.74, 6) is -0.692. The molecule has 1 aliphatic heterocycles. The molecule has 1 aromatic rings. The smallest absolute Gasteiger partial charge is 0.338 e. The Kier molecular flexibility index (Phi) is 5.55. The molecule has 122 valence electrons. The first-order valence-electron chi connectivity index (χ1n) is 7.29. The van der Waals surface area contributed by atoms with E-state index in [4.69, 9.17) is 4.74 Å². The molecule has 1 aliphatic rings. The van der Waals surface area contributed by atoms with Gasteiger partial charge in [-0.1, -0.05) is 18.2 Å². The summed E-state index contributed by atoms with van der Waals surface area (Å²) in [5.41, 5.74) is 0.781. The summed E-state index contributed by atoms with van der Waals surface area (Å²) < 4.78 is 31.4. The lowest BCUT2D eigenvalue weighted by Gasteiger charge is -2.31. The van der Waals surface area contributed by atoms with Crippen molar-refractivity contribution in [3.05, 3.63) is 35.4 Å². The van der Waals surface area contributed by atoms with Crippen LogP contribution in [0.3, 0.4) is 0 Å². The third-order valence-electron chi connectivity index (χ3n) is 4.02. The van der Waals surface area contributed by atoms with Crippen molar-refractivity contribution in [2.45, 2.75) is 24.6 Å². The summed E-state index contributed by atoms with van der Waals surface area (Å²) in [6, 6.07) is 7.04. The summed E-state index contributed by atoms with van der Waals surface area (Å²) in [4.78, 5) is 11.7. The van der Waals surface area contributed by atoms with Crippen molar-refractivity contribution in [2.75, 3.05) is 27.2 Å². The Morgan fingerprint density at radius 3 is 2.55 bits per heavy atom. The lowest BCUT2D eigenvalue weighted by molar-refractivity contribution is 0.0600. The molecule has 0 amide bonds. The lowest BCUT2D eigenvalue weighted by atomic mass is 10.1. The van der Waals surface area contributed by atoms with E-state index >= 15 is 0 Å². The fourth-order valence-electron chi connectivity index (χ4n) is 2.67. The SMILES string of the molecule is CNC1CCN(S(=O)(=O)Cc2ccccc2C(=O)OC)CC1. The van der Waals surface area contributed by atoms with Crippen molar-refractivity contribution in [1.29, 1.82) is 0 Å². The second kappa shape index (κ2) is 7.21. The number of methoxy groups -OCH3 is 1. The van der Waals surface area contributed by atoms with E-state index < -0.39 is 16.0 Å². The molecule has 22 heavy (non-hydrogen) atoms. The van der Waals surface area contributed by atoms with Gasteiger partial charge in [-0.25, -0.2) is 17.5 Å². The van der Waals surface area contributed by atoms with Crippen molar-refractivity contribution in [2.24, 2.45) is 0 Å². The van der Waals surface area contributed by atoms with Gasteiger partial charge in [0.05, 0.1) is 18.4 Å². The molecule has 0 radical (unpaired) electrons. The number of ether oxygens (including phenoxy) is 1. The van der Waals surface area contributed by atoms with Crippen LogP contribution in [0.25, 0.3) is 0 Å². The largest absolute Gasteiger partial charge is 0.465 e. The fraction of sp³-hybridized carbons (Fsp3) is 0.533. The number of nitrogens with one attached hydrogen (secondary N) is 1. The summed E-state index contributed by atoms with van der Waals surface area (Å²) >= 11 is 0. The summed E-state index contributed by atoms with van der Waals surface area (Å²) in [7, 11) is -0.256. The first kappa shape index (κ1) is 16.9. The lowest BCUT2D eigenvalue weighted by Crippen LogP contribution is -2.44. The van der Waals surface area contributed by atoms with Crippen LogP contribution in [0.5, 0.6) is 0 Å². The molecule has 1 saturated heterocycles. The monoisotopic (exact) mass is 326 g/mol. The quantitative estimate of drug-likeness (QED) is 0.817. The fourth-order valence-corrected chi connectivity index (χ4v) is 4.26. The first-order chi connectivity index (χ1) is 10.5. The highest BCUT2D eigenvalue weighted by molar-refractivity contribution is 7.88. The topological polar surface area (TPSA) is 75.7 Å². The molecule has 0 unspecified atom stereocenters. The number of carbonyl (C=O) groups excluding carboxylic acids is 1. The molecule has 0 bridgehead atoms. The van der Waals surface area contributed by atoms with Gasteiger partial charge in [0, 0.05) is 19.1 Å². The molecular weight excluding hydrogens is 304 g/mol. The molecule has 0 aliphatic carbocycles. The second-order valence-corrected chi connectivity index (χ2v) is 7.34. The number of sulfonamides is 1. The Labute approximate surface area is 131 Å². The van der Waals surface area contributed by atoms with Crippen molar-refractivity contribution >= 4 is 16.0 Å². The molecule has 1 aromatic carbocycles. The maximum atomic E-state index is 12.6. The minimum absolute atomic E-state index is 0.178. The zero-order valence-electron chi connectivity index (χ0n) is 12.9. The molecule has 0 atom stereocenters. The highest BCUT2D eigenvalue weighted by atomic mass is 32.2. The van der Waals surface area contributed by atoms with Crippen LogP contribution in [0, 0.1) is 0 Å². The number of piperidine rings is 1. The summed E-state index contributed by atoms with van der Waals surface area (Å²) in [6.07, 6.45) is 1.60. The number of hydrogen-bond donors (Lipinski definition) is 1. The van der Waals surface area contributed by atoms with Crippen LogP contribution >= 0.6 is 0 Å². The van der Waals surface area contributed by atoms with Crippen LogP contribution in [0.15, 0.2) is 24.3 Å². The van der Waals surface area contributed by atoms with Crippen molar-refractivity contribution in [1.82, 2.24) is 9.62 Å². The van der Waals surface area contributed by atoms with E-state index in [0.29, 0.717) is 30.3 Å². The number of benzene rings is 1. The third-order valence-corrected chi connectivity index (χ3v) is 5.84. The van der Waals surface area contributed by atoms with Gasteiger partial charge in [0.1, 0.15) is 0 Å². The Bertz CT molecular complexity index is 622.